The molecule has 35 heavy (non-hydrogen) atoms. The molecule has 188 valence electrons. The summed E-state index contributed by atoms with van der Waals surface area (Å²) in [4.78, 5) is 12.6. The molecule has 0 aliphatic heterocycles. The molecule has 6 heteroatoms. The molecule has 1 atom stereocenters. The molecule has 0 saturated carbocycles. The topological polar surface area (TPSA) is 59.8 Å². The van der Waals surface area contributed by atoms with Crippen molar-refractivity contribution >= 4 is 17.7 Å². The zero-order valence-corrected chi connectivity index (χ0v) is 22.5. The van der Waals surface area contributed by atoms with E-state index in [-0.39, 0.29) is 11.9 Å². The van der Waals surface area contributed by atoms with Gasteiger partial charge in [-0.05, 0) is 44.9 Å². The maximum Gasteiger partial charge on any atom is 0.220 e. The minimum Gasteiger partial charge on any atom is -0.346 e. The molecule has 1 unspecified atom stereocenters. The number of benzene rings is 2. The van der Waals surface area contributed by atoms with Crippen LogP contribution in [0.3, 0.4) is 0 Å². The summed E-state index contributed by atoms with van der Waals surface area (Å²) in [5.74, 6) is 1.65. The van der Waals surface area contributed by atoms with Gasteiger partial charge in [0.1, 0.15) is 0 Å². The van der Waals surface area contributed by atoms with Crippen LogP contribution in [0.15, 0.2) is 53.7 Å². The molecule has 0 radical (unpaired) electrons. The fourth-order valence-corrected chi connectivity index (χ4v) is 5.06. The van der Waals surface area contributed by atoms with Crippen molar-refractivity contribution in [2.24, 2.45) is 0 Å². The standard InChI is InChI=1S/C29H40N4OS/c1-5-6-7-8-9-10-11-15-27(34)30-24(4)28-31-32-29(33(28)26-18-16-22(2)17-19-26)35-21-25-14-12-13-23(3)20-25/h12-14,16-20,24H,5-11,15,21H2,1-4H3,(H,30,34). The van der Waals surface area contributed by atoms with Gasteiger partial charge in [-0.1, -0.05) is 105 Å². The Labute approximate surface area is 215 Å². The molecule has 3 rings (SSSR count). The monoisotopic (exact) mass is 492 g/mol. The van der Waals surface area contributed by atoms with E-state index in [0.717, 1.165) is 35.3 Å². The quantitative estimate of drug-likeness (QED) is 0.187. The number of aromatic nitrogens is 3. The highest BCUT2D eigenvalue weighted by Gasteiger charge is 2.21. The summed E-state index contributed by atoms with van der Waals surface area (Å²) < 4.78 is 2.08. The molecule has 0 fully saturated rings. The Balaban J connectivity index is 1.66. The number of hydrogen-bond acceptors (Lipinski definition) is 4. The first-order chi connectivity index (χ1) is 17.0. The first-order valence-corrected chi connectivity index (χ1v) is 14.0. The van der Waals surface area contributed by atoms with Gasteiger partial charge in [0, 0.05) is 17.9 Å². The second-order valence-corrected chi connectivity index (χ2v) is 10.4. The van der Waals surface area contributed by atoms with Crippen molar-refractivity contribution in [1.29, 1.82) is 0 Å². The molecule has 0 aliphatic rings. The molecule has 1 aromatic heterocycles. The van der Waals surface area contributed by atoms with Gasteiger partial charge in [0.25, 0.3) is 0 Å². The van der Waals surface area contributed by atoms with E-state index in [1.807, 2.05) is 6.92 Å². The third-order valence-corrected chi connectivity index (χ3v) is 7.17. The van der Waals surface area contributed by atoms with Crippen LogP contribution >= 0.6 is 11.8 Å². The molecule has 1 amide bonds. The Morgan fingerprint density at radius 1 is 0.943 bits per heavy atom. The average molecular weight is 493 g/mol. The molecule has 0 bridgehead atoms. The molecule has 0 spiro atoms. The van der Waals surface area contributed by atoms with E-state index in [1.54, 1.807) is 11.8 Å². The molecular weight excluding hydrogens is 452 g/mol. The van der Waals surface area contributed by atoms with Gasteiger partial charge in [-0.3, -0.25) is 9.36 Å². The van der Waals surface area contributed by atoms with Gasteiger partial charge in [-0.15, -0.1) is 10.2 Å². The lowest BCUT2D eigenvalue weighted by Crippen LogP contribution is -2.28. The van der Waals surface area contributed by atoms with Crippen LogP contribution in [0.25, 0.3) is 5.69 Å². The van der Waals surface area contributed by atoms with E-state index in [2.05, 4.69) is 89.4 Å². The molecular formula is C29H40N4OS. The lowest BCUT2D eigenvalue weighted by molar-refractivity contribution is -0.121. The summed E-state index contributed by atoms with van der Waals surface area (Å²) in [5.41, 5.74) is 4.72. The fourth-order valence-electron chi connectivity index (χ4n) is 4.16. The number of unbranched alkanes of at least 4 members (excludes halogenated alkanes) is 6. The zero-order valence-electron chi connectivity index (χ0n) is 21.7. The van der Waals surface area contributed by atoms with Crippen molar-refractivity contribution in [3.05, 3.63) is 71.0 Å². The number of carbonyl (C=O) groups excluding carboxylic acids is 1. The number of carbonyl (C=O) groups is 1. The van der Waals surface area contributed by atoms with E-state index in [9.17, 15) is 4.79 Å². The van der Waals surface area contributed by atoms with Crippen molar-refractivity contribution < 1.29 is 4.79 Å². The summed E-state index contributed by atoms with van der Waals surface area (Å²) in [6, 6.07) is 16.7. The Kier molecular flexibility index (Phi) is 10.9. The van der Waals surface area contributed by atoms with E-state index in [4.69, 9.17) is 0 Å². The predicted molar refractivity (Wildman–Crippen MR) is 146 cm³/mol. The van der Waals surface area contributed by atoms with Crippen molar-refractivity contribution in [3.8, 4) is 5.69 Å². The van der Waals surface area contributed by atoms with E-state index >= 15 is 0 Å². The van der Waals surface area contributed by atoms with Crippen LogP contribution in [0, 0.1) is 13.8 Å². The lowest BCUT2D eigenvalue weighted by atomic mass is 10.1. The van der Waals surface area contributed by atoms with Crippen LogP contribution in [0.5, 0.6) is 0 Å². The molecule has 3 aromatic rings. The number of nitrogens with one attached hydrogen (secondary N) is 1. The smallest absolute Gasteiger partial charge is 0.220 e. The molecule has 0 aliphatic carbocycles. The highest BCUT2D eigenvalue weighted by atomic mass is 32.2. The van der Waals surface area contributed by atoms with E-state index in [0.29, 0.717) is 6.42 Å². The summed E-state index contributed by atoms with van der Waals surface area (Å²) in [6.45, 7) is 8.41. The van der Waals surface area contributed by atoms with E-state index in [1.165, 1.54) is 48.8 Å². The third-order valence-electron chi connectivity index (χ3n) is 6.17. The third kappa shape index (κ3) is 8.53. The molecule has 2 aromatic carbocycles. The SMILES string of the molecule is CCCCCCCCCC(=O)NC(C)c1nnc(SCc2cccc(C)c2)n1-c1ccc(C)cc1. The van der Waals surface area contributed by atoms with Crippen LogP contribution in [0.1, 0.15) is 93.8 Å². The minimum atomic E-state index is -0.228. The first-order valence-electron chi connectivity index (χ1n) is 13.0. The molecule has 1 heterocycles. The Hall–Kier alpha value is -2.60. The lowest BCUT2D eigenvalue weighted by Gasteiger charge is -2.16. The zero-order chi connectivity index (χ0) is 25.0. The van der Waals surface area contributed by atoms with Gasteiger partial charge < -0.3 is 5.32 Å². The summed E-state index contributed by atoms with van der Waals surface area (Å²) in [5, 5.41) is 13.0. The average Bonchev–Trinajstić information content (AvgIpc) is 3.27. The second-order valence-electron chi connectivity index (χ2n) is 9.45. The van der Waals surface area contributed by atoms with Crippen LogP contribution in [-0.4, -0.2) is 20.7 Å². The van der Waals surface area contributed by atoms with Gasteiger partial charge in [0.15, 0.2) is 11.0 Å². The second kappa shape index (κ2) is 14.1. The fraction of sp³-hybridized carbons (Fsp3) is 0.483. The maximum absolute atomic E-state index is 12.6. The first kappa shape index (κ1) is 27.0. The van der Waals surface area contributed by atoms with E-state index < -0.39 is 0 Å². The van der Waals surface area contributed by atoms with Crippen molar-refractivity contribution in [3.63, 3.8) is 0 Å². The van der Waals surface area contributed by atoms with Crippen LogP contribution in [0.4, 0.5) is 0 Å². The van der Waals surface area contributed by atoms with Crippen LogP contribution < -0.4 is 5.32 Å². The summed E-state index contributed by atoms with van der Waals surface area (Å²) in [6.07, 6.45) is 8.98. The van der Waals surface area contributed by atoms with Gasteiger partial charge in [0.05, 0.1) is 6.04 Å². The number of amides is 1. The highest BCUT2D eigenvalue weighted by molar-refractivity contribution is 7.98. The van der Waals surface area contributed by atoms with Crippen molar-refractivity contribution in [2.75, 3.05) is 0 Å². The predicted octanol–water partition coefficient (Wildman–Crippen LogP) is 7.49. The van der Waals surface area contributed by atoms with Crippen LogP contribution in [0.2, 0.25) is 0 Å². The highest BCUT2D eigenvalue weighted by Crippen LogP contribution is 2.28. The Bertz CT molecular complexity index is 1060. The molecule has 5 nitrogen and oxygen atoms in total. The van der Waals surface area contributed by atoms with Crippen molar-refractivity contribution in [2.45, 2.75) is 96.0 Å². The summed E-state index contributed by atoms with van der Waals surface area (Å²) >= 11 is 1.67. The molecule has 1 N–H and O–H groups in total. The number of thioether (sulfide) groups is 1. The van der Waals surface area contributed by atoms with Gasteiger partial charge in [-0.2, -0.15) is 0 Å². The summed E-state index contributed by atoms with van der Waals surface area (Å²) in [7, 11) is 0. The Morgan fingerprint density at radius 3 is 2.37 bits per heavy atom. The minimum absolute atomic E-state index is 0.0819. The van der Waals surface area contributed by atoms with Crippen molar-refractivity contribution in [1.82, 2.24) is 20.1 Å². The van der Waals surface area contributed by atoms with Gasteiger partial charge in [-0.25, -0.2) is 0 Å². The van der Waals surface area contributed by atoms with Gasteiger partial charge in [0.2, 0.25) is 5.91 Å². The normalized spacial score (nSPS) is 12.0. The number of hydrogen-bond donors (Lipinski definition) is 1. The largest absolute Gasteiger partial charge is 0.346 e. The van der Waals surface area contributed by atoms with Gasteiger partial charge >= 0.3 is 0 Å². The van der Waals surface area contributed by atoms with Crippen LogP contribution in [-0.2, 0) is 10.5 Å². The number of aryl methyl sites for hydroxylation is 2. The molecule has 0 saturated heterocycles. The Morgan fingerprint density at radius 2 is 1.66 bits per heavy atom. The number of nitrogens with zero attached hydrogens (tertiary/aromatic N) is 3. The maximum atomic E-state index is 12.6. The number of rotatable bonds is 14.